The molecule has 0 bridgehead atoms. The van der Waals surface area contributed by atoms with Crippen LogP contribution in [-0.2, 0) is 38.2 Å². The average molecular weight is 512 g/mol. The molecule has 0 spiro atoms. The molecule has 2 amide bonds. The zero-order valence-corrected chi connectivity index (χ0v) is 20.5. The molecule has 2 heterocycles. The molecule has 0 saturated carbocycles. The van der Waals surface area contributed by atoms with Crippen molar-refractivity contribution in [1.82, 2.24) is 20.3 Å². The highest BCUT2D eigenvalue weighted by Gasteiger charge is 2.26. The lowest BCUT2D eigenvalue weighted by molar-refractivity contribution is -0.614. The minimum atomic E-state index is -3.88. The topological polar surface area (TPSA) is 144 Å². The summed E-state index contributed by atoms with van der Waals surface area (Å²) in [5.74, 6) is -1.35. The highest BCUT2D eigenvalue weighted by Crippen LogP contribution is 2.08. The summed E-state index contributed by atoms with van der Waals surface area (Å²) in [6.07, 6.45) is 5.47. The molecule has 0 aliphatic carbocycles. The molecule has 1 atom stereocenters. The quantitative estimate of drug-likeness (QED) is 0.227. The summed E-state index contributed by atoms with van der Waals surface area (Å²) >= 11 is 0. The number of pyridine rings is 2. The van der Waals surface area contributed by atoms with Crippen molar-refractivity contribution in [2.24, 2.45) is 0 Å². The van der Waals surface area contributed by atoms with Crippen LogP contribution >= 0.6 is 0 Å². The molecule has 0 unspecified atom stereocenters. The zero-order chi connectivity index (χ0) is 25.8. The lowest BCUT2D eigenvalue weighted by Crippen LogP contribution is -2.49. The van der Waals surface area contributed by atoms with Gasteiger partial charge >= 0.3 is 0 Å². The Morgan fingerprint density at radius 1 is 0.917 bits per heavy atom. The van der Waals surface area contributed by atoms with Crippen molar-refractivity contribution < 1.29 is 22.7 Å². The van der Waals surface area contributed by atoms with Gasteiger partial charge in [0.1, 0.15) is 6.04 Å². The molecule has 3 aromatic rings. The Labute approximate surface area is 210 Å². The molecule has 36 heavy (non-hydrogen) atoms. The van der Waals surface area contributed by atoms with Crippen molar-refractivity contribution in [2.75, 3.05) is 13.1 Å². The van der Waals surface area contributed by atoms with Crippen LogP contribution in [0.2, 0.25) is 0 Å². The Bertz CT molecular complexity index is 1240. The third-order valence-corrected chi connectivity index (χ3v) is 6.70. The van der Waals surface area contributed by atoms with Crippen molar-refractivity contribution in [3.63, 3.8) is 0 Å². The Balaban J connectivity index is 1.58. The summed E-state index contributed by atoms with van der Waals surface area (Å²) < 4.78 is 28.6. The maximum atomic E-state index is 12.9. The van der Waals surface area contributed by atoms with Crippen LogP contribution in [0, 0.1) is 5.21 Å². The predicted molar refractivity (Wildman–Crippen MR) is 134 cm³/mol. The van der Waals surface area contributed by atoms with Crippen LogP contribution in [0.3, 0.4) is 0 Å². The molecule has 0 saturated heterocycles. The van der Waals surface area contributed by atoms with Crippen LogP contribution in [-0.4, -0.2) is 44.3 Å². The lowest BCUT2D eigenvalue weighted by atomic mass is 10.1. The van der Waals surface area contributed by atoms with Gasteiger partial charge in [0.25, 0.3) is 0 Å². The fourth-order valence-electron chi connectivity index (χ4n) is 3.49. The molecule has 0 fully saturated rings. The number of rotatable bonds is 13. The molecule has 3 N–H and O–H groups in total. The molecule has 10 nitrogen and oxygen atoms in total. The standard InChI is InChI=1S/C25H29N5O5S/c31-24(27-16-13-20-11-14-26-15-12-20)18-28-25(32)23(10-9-22-8-4-5-17-30(22)33)29-36(34,35)19-21-6-2-1-3-7-21/h1-8,11-12,14-15,17,23,29H,9-10,13,16,18-19H2,(H,27,31)(H,28,32)/t23-/m1/s1. The first-order valence-corrected chi connectivity index (χ1v) is 13.1. The van der Waals surface area contributed by atoms with Crippen LogP contribution in [0.5, 0.6) is 0 Å². The van der Waals surface area contributed by atoms with Gasteiger partial charge in [-0.05, 0) is 36.1 Å². The first-order valence-electron chi connectivity index (χ1n) is 11.5. The number of benzene rings is 1. The van der Waals surface area contributed by atoms with E-state index in [-0.39, 0.29) is 25.1 Å². The van der Waals surface area contributed by atoms with E-state index in [4.69, 9.17) is 0 Å². The Morgan fingerprint density at radius 3 is 2.36 bits per heavy atom. The van der Waals surface area contributed by atoms with Gasteiger partial charge < -0.3 is 15.8 Å². The highest BCUT2D eigenvalue weighted by atomic mass is 32.2. The fourth-order valence-corrected chi connectivity index (χ4v) is 4.87. The van der Waals surface area contributed by atoms with E-state index in [9.17, 15) is 23.2 Å². The van der Waals surface area contributed by atoms with Crippen molar-refractivity contribution >= 4 is 21.8 Å². The van der Waals surface area contributed by atoms with E-state index in [1.165, 1.54) is 6.20 Å². The Kier molecular flexibility index (Phi) is 9.90. The van der Waals surface area contributed by atoms with E-state index < -0.39 is 27.9 Å². The molecule has 0 radical (unpaired) electrons. The zero-order valence-electron chi connectivity index (χ0n) is 19.7. The second kappa shape index (κ2) is 13.3. The van der Waals surface area contributed by atoms with Crippen molar-refractivity contribution in [3.05, 3.63) is 101 Å². The van der Waals surface area contributed by atoms with E-state index in [2.05, 4.69) is 20.3 Å². The second-order valence-electron chi connectivity index (χ2n) is 8.14. The minimum Gasteiger partial charge on any atom is -0.619 e. The second-order valence-corrected chi connectivity index (χ2v) is 9.90. The van der Waals surface area contributed by atoms with E-state index in [1.807, 2.05) is 12.1 Å². The van der Waals surface area contributed by atoms with Crippen molar-refractivity contribution in [2.45, 2.75) is 31.1 Å². The largest absolute Gasteiger partial charge is 0.619 e. The normalized spacial score (nSPS) is 12.0. The van der Waals surface area contributed by atoms with Crippen LogP contribution in [0.25, 0.3) is 0 Å². The molecular formula is C25H29N5O5S. The highest BCUT2D eigenvalue weighted by molar-refractivity contribution is 7.88. The number of carbonyl (C=O) groups is 2. The van der Waals surface area contributed by atoms with Crippen molar-refractivity contribution in [1.29, 1.82) is 0 Å². The van der Waals surface area contributed by atoms with E-state index in [0.717, 1.165) is 5.56 Å². The summed E-state index contributed by atoms with van der Waals surface area (Å²) in [6, 6.07) is 16.0. The van der Waals surface area contributed by atoms with E-state index in [0.29, 0.717) is 29.0 Å². The van der Waals surface area contributed by atoms with E-state index >= 15 is 0 Å². The van der Waals surface area contributed by atoms with Crippen LogP contribution in [0.4, 0.5) is 0 Å². The van der Waals surface area contributed by atoms with E-state index in [1.54, 1.807) is 60.9 Å². The number of hydrogen-bond donors (Lipinski definition) is 3. The van der Waals surface area contributed by atoms with Gasteiger partial charge in [-0.2, -0.15) is 4.73 Å². The van der Waals surface area contributed by atoms with Gasteiger partial charge in [0.15, 0.2) is 11.9 Å². The molecule has 1 aromatic carbocycles. The summed E-state index contributed by atoms with van der Waals surface area (Å²) in [4.78, 5) is 29.0. The summed E-state index contributed by atoms with van der Waals surface area (Å²) in [7, 11) is -3.88. The lowest BCUT2D eigenvalue weighted by Gasteiger charge is -2.18. The number of carbonyl (C=O) groups excluding carboxylic acids is 2. The SMILES string of the molecule is O=C(CNC(=O)[C@@H](CCc1cccc[n+]1[O-])NS(=O)(=O)Cc1ccccc1)NCCc1ccncc1. The van der Waals surface area contributed by atoms with Crippen molar-refractivity contribution in [3.8, 4) is 0 Å². The molecule has 3 rings (SSSR count). The number of aromatic nitrogens is 2. The smallest absolute Gasteiger partial charge is 0.239 e. The van der Waals surface area contributed by atoms with Crippen LogP contribution in [0.1, 0.15) is 23.2 Å². The molecule has 11 heteroatoms. The molecule has 0 aliphatic heterocycles. The number of sulfonamides is 1. The summed E-state index contributed by atoms with van der Waals surface area (Å²) in [5, 5.41) is 17.2. The molecule has 0 aliphatic rings. The van der Waals surface area contributed by atoms with Crippen LogP contribution in [0.15, 0.2) is 79.3 Å². The Hall–Kier alpha value is -3.83. The van der Waals surface area contributed by atoms with Gasteiger partial charge in [-0.3, -0.25) is 14.6 Å². The molecule has 2 aromatic heterocycles. The predicted octanol–water partition coefficient (Wildman–Crippen LogP) is 0.611. The first-order chi connectivity index (χ1) is 17.3. The van der Waals surface area contributed by atoms with Gasteiger partial charge in [0.05, 0.1) is 12.3 Å². The number of hydrogen-bond acceptors (Lipinski definition) is 6. The summed E-state index contributed by atoms with van der Waals surface area (Å²) in [6.45, 7) is 0.0718. The molecular weight excluding hydrogens is 482 g/mol. The third kappa shape index (κ3) is 9.08. The number of aryl methyl sites for hydroxylation is 1. The van der Waals surface area contributed by atoms with Gasteiger partial charge in [0.2, 0.25) is 21.8 Å². The van der Waals surface area contributed by atoms with Gasteiger partial charge in [-0.1, -0.05) is 36.4 Å². The van der Waals surface area contributed by atoms with Gasteiger partial charge in [-0.25, -0.2) is 13.1 Å². The average Bonchev–Trinajstić information content (AvgIpc) is 2.87. The Morgan fingerprint density at radius 2 is 1.64 bits per heavy atom. The number of amides is 2. The number of nitrogens with zero attached hydrogens (tertiary/aromatic N) is 2. The number of nitrogens with one attached hydrogen (secondary N) is 3. The molecule has 190 valence electrons. The minimum absolute atomic E-state index is 0.0375. The summed E-state index contributed by atoms with van der Waals surface area (Å²) in [5.41, 5.74) is 1.98. The maximum Gasteiger partial charge on any atom is 0.239 e. The third-order valence-electron chi connectivity index (χ3n) is 5.34. The van der Waals surface area contributed by atoms with Crippen LogP contribution < -0.4 is 20.1 Å². The van der Waals surface area contributed by atoms with Gasteiger partial charge in [0, 0.05) is 37.5 Å². The first kappa shape index (κ1) is 26.8. The van der Waals surface area contributed by atoms with Gasteiger partial charge in [-0.15, -0.1) is 0 Å². The monoisotopic (exact) mass is 511 g/mol. The fraction of sp³-hybridized carbons (Fsp3) is 0.280. The maximum absolute atomic E-state index is 12.9.